The van der Waals surface area contributed by atoms with Crippen molar-refractivity contribution in [2.45, 2.75) is 25.1 Å². The molecule has 2 nitrogen and oxygen atoms in total. The van der Waals surface area contributed by atoms with Crippen LogP contribution in [0.5, 0.6) is 0 Å². The Balaban J connectivity index is 0.000000231. The zero-order chi connectivity index (χ0) is 17.4. The molecule has 2 aromatic carbocycles. The second kappa shape index (κ2) is 9.30. The normalized spacial score (nSPS) is 11.2. The van der Waals surface area contributed by atoms with Crippen LogP contribution in [0.25, 0.3) is 0 Å². The van der Waals surface area contributed by atoms with Gasteiger partial charge in [-0.2, -0.15) is 0 Å². The molecule has 1 unspecified atom stereocenters. The van der Waals surface area contributed by atoms with Crippen molar-refractivity contribution in [2.24, 2.45) is 0 Å². The summed E-state index contributed by atoms with van der Waals surface area (Å²) >= 11 is 3.09. The van der Waals surface area contributed by atoms with Gasteiger partial charge in [0.05, 0.1) is 16.0 Å². The third-order valence-electron chi connectivity index (χ3n) is 3.00. The van der Waals surface area contributed by atoms with E-state index < -0.39 is 11.6 Å². The SMILES string of the molecule is CC(Br)C(=O)c1ccccc1F.CCC(=O)c1ccccc1F. The fourth-order valence-corrected chi connectivity index (χ4v) is 2.00. The van der Waals surface area contributed by atoms with Gasteiger partial charge in [-0.05, 0) is 31.2 Å². The van der Waals surface area contributed by atoms with Crippen LogP contribution in [-0.2, 0) is 0 Å². The van der Waals surface area contributed by atoms with Gasteiger partial charge in [-0.15, -0.1) is 0 Å². The molecule has 0 aromatic heterocycles. The van der Waals surface area contributed by atoms with E-state index in [2.05, 4.69) is 15.9 Å². The lowest BCUT2D eigenvalue weighted by Gasteiger charge is -2.02. The van der Waals surface area contributed by atoms with Gasteiger partial charge in [0, 0.05) is 6.42 Å². The lowest BCUT2D eigenvalue weighted by atomic mass is 10.1. The van der Waals surface area contributed by atoms with Crippen molar-refractivity contribution in [2.75, 3.05) is 0 Å². The van der Waals surface area contributed by atoms with Crippen molar-refractivity contribution in [3.05, 3.63) is 71.3 Å². The number of halogens is 3. The Bertz CT molecular complexity index is 684. The van der Waals surface area contributed by atoms with Crippen molar-refractivity contribution in [1.29, 1.82) is 0 Å². The highest BCUT2D eigenvalue weighted by atomic mass is 79.9. The summed E-state index contributed by atoms with van der Waals surface area (Å²) in [5.74, 6) is -1.27. The Labute approximate surface area is 142 Å². The first-order valence-electron chi connectivity index (χ1n) is 7.09. The zero-order valence-electron chi connectivity index (χ0n) is 12.9. The number of hydrogen-bond donors (Lipinski definition) is 0. The molecule has 0 fully saturated rings. The summed E-state index contributed by atoms with van der Waals surface area (Å²) in [7, 11) is 0. The van der Waals surface area contributed by atoms with Gasteiger partial charge in [0.1, 0.15) is 11.6 Å². The van der Waals surface area contributed by atoms with Crippen LogP contribution in [0.3, 0.4) is 0 Å². The molecule has 0 spiro atoms. The highest BCUT2D eigenvalue weighted by molar-refractivity contribution is 9.10. The molecule has 1 atom stereocenters. The maximum atomic E-state index is 13.0. The highest BCUT2D eigenvalue weighted by Crippen LogP contribution is 2.12. The van der Waals surface area contributed by atoms with Crippen LogP contribution in [0.1, 0.15) is 41.0 Å². The summed E-state index contributed by atoms with van der Waals surface area (Å²) in [6.07, 6.45) is 0.348. The Morgan fingerprint density at radius 3 is 1.78 bits per heavy atom. The smallest absolute Gasteiger partial charge is 0.179 e. The predicted octanol–water partition coefficient (Wildman–Crippen LogP) is 5.21. The summed E-state index contributed by atoms with van der Waals surface area (Å²) < 4.78 is 25.8. The highest BCUT2D eigenvalue weighted by Gasteiger charge is 2.14. The van der Waals surface area contributed by atoms with Crippen LogP contribution >= 0.6 is 15.9 Å². The number of alkyl halides is 1. The first-order chi connectivity index (χ1) is 10.9. The minimum Gasteiger partial charge on any atom is -0.294 e. The number of Topliss-reactive ketones (excluding diaryl/α,β-unsaturated/α-hetero) is 2. The molecule has 0 aliphatic carbocycles. The quantitative estimate of drug-likeness (QED) is 0.537. The molecule has 0 N–H and O–H groups in total. The molecule has 0 radical (unpaired) electrons. The Morgan fingerprint density at radius 1 is 0.957 bits per heavy atom. The van der Waals surface area contributed by atoms with Gasteiger partial charge in [-0.1, -0.05) is 47.1 Å². The van der Waals surface area contributed by atoms with E-state index in [1.807, 2.05) is 0 Å². The van der Waals surface area contributed by atoms with Crippen LogP contribution < -0.4 is 0 Å². The molecule has 0 aliphatic heterocycles. The monoisotopic (exact) mass is 382 g/mol. The summed E-state index contributed by atoms with van der Waals surface area (Å²) in [6.45, 7) is 3.39. The molecule has 2 aromatic rings. The molecule has 2 rings (SSSR count). The minimum atomic E-state index is -0.464. The van der Waals surface area contributed by atoms with Crippen molar-refractivity contribution >= 4 is 27.5 Å². The van der Waals surface area contributed by atoms with Crippen molar-refractivity contribution in [3.63, 3.8) is 0 Å². The van der Waals surface area contributed by atoms with E-state index in [0.29, 0.717) is 6.42 Å². The number of rotatable bonds is 4. The third-order valence-corrected chi connectivity index (χ3v) is 3.41. The Kier molecular flexibility index (Phi) is 7.75. The standard InChI is InChI=1S/C9H8BrFO.C9H9FO/c1-6(10)9(12)7-4-2-3-5-8(7)11;1-2-9(11)7-5-3-4-6-8(7)10/h2-6H,1H3;3-6H,2H2,1H3. The molecular formula is C18H17BrF2O2. The zero-order valence-corrected chi connectivity index (χ0v) is 14.4. The van der Waals surface area contributed by atoms with E-state index in [1.54, 1.807) is 38.1 Å². The van der Waals surface area contributed by atoms with Gasteiger partial charge >= 0.3 is 0 Å². The maximum Gasteiger partial charge on any atom is 0.179 e. The van der Waals surface area contributed by atoms with E-state index >= 15 is 0 Å². The number of carbonyl (C=O) groups excluding carboxylic acids is 2. The summed E-state index contributed by atoms with van der Waals surface area (Å²) in [5.41, 5.74) is 0.330. The molecule has 0 saturated heterocycles. The Hall–Kier alpha value is -1.88. The molecular weight excluding hydrogens is 366 g/mol. The van der Waals surface area contributed by atoms with Gasteiger partial charge in [-0.3, -0.25) is 9.59 Å². The average Bonchev–Trinajstić information content (AvgIpc) is 2.55. The molecule has 0 saturated carbocycles. The number of benzene rings is 2. The van der Waals surface area contributed by atoms with Crippen molar-refractivity contribution in [1.82, 2.24) is 0 Å². The fourth-order valence-electron chi connectivity index (χ4n) is 1.75. The van der Waals surface area contributed by atoms with Gasteiger partial charge in [0.15, 0.2) is 11.6 Å². The molecule has 0 amide bonds. The fraction of sp³-hybridized carbons (Fsp3) is 0.222. The first-order valence-corrected chi connectivity index (χ1v) is 8.00. The van der Waals surface area contributed by atoms with Gasteiger partial charge < -0.3 is 0 Å². The van der Waals surface area contributed by atoms with Gasteiger partial charge in [0.2, 0.25) is 0 Å². The maximum absolute atomic E-state index is 13.0. The summed E-state index contributed by atoms with van der Waals surface area (Å²) in [4.78, 5) is 21.9. The third kappa shape index (κ3) is 5.67. The predicted molar refractivity (Wildman–Crippen MR) is 90.1 cm³/mol. The van der Waals surface area contributed by atoms with Crippen LogP contribution in [0, 0.1) is 11.6 Å². The van der Waals surface area contributed by atoms with E-state index in [9.17, 15) is 18.4 Å². The van der Waals surface area contributed by atoms with Crippen LogP contribution in [0.15, 0.2) is 48.5 Å². The number of ketones is 2. The van der Waals surface area contributed by atoms with E-state index in [0.717, 1.165) is 0 Å². The Morgan fingerprint density at radius 2 is 1.39 bits per heavy atom. The molecule has 5 heteroatoms. The van der Waals surface area contributed by atoms with Crippen molar-refractivity contribution in [3.8, 4) is 0 Å². The first kappa shape index (κ1) is 19.2. The largest absolute Gasteiger partial charge is 0.294 e. The van der Waals surface area contributed by atoms with E-state index in [4.69, 9.17) is 0 Å². The van der Waals surface area contributed by atoms with Crippen LogP contribution in [0.2, 0.25) is 0 Å². The van der Waals surface area contributed by atoms with E-state index in [-0.39, 0.29) is 27.5 Å². The van der Waals surface area contributed by atoms with Gasteiger partial charge in [-0.25, -0.2) is 8.78 Å². The minimum absolute atomic E-state index is 0.141. The molecule has 0 aliphatic rings. The molecule has 122 valence electrons. The topological polar surface area (TPSA) is 34.1 Å². The second-order valence-electron chi connectivity index (χ2n) is 4.72. The van der Waals surface area contributed by atoms with Crippen LogP contribution in [-0.4, -0.2) is 16.4 Å². The molecule has 0 bridgehead atoms. The summed E-state index contributed by atoms with van der Waals surface area (Å²) in [6, 6.07) is 12.0. The molecule has 23 heavy (non-hydrogen) atoms. The number of hydrogen-bond acceptors (Lipinski definition) is 2. The van der Waals surface area contributed by atoms with Crippen LogP contribution in [0.4, 0.5) is 8.78 Å². The van der Waals surface area contributed by atoms with Crippen molar-refractivity contribution < 1.29 is 18.4 Å². The lowest BCUT2D eigenvalue weighted by molar-refractivity contribution is 0.0979. The number of carbonyl (C=O) groups is 2. The lowest BCUT2D eigenvalue weighted by Crippen LogP contribution is -2.11. The average molecular weight is 383 g/mol. The van der Waals surface area contributed by atoms with Gasteiger partial charge in [0.25, 0.3) is 0 Å². The summed E-state index contributed by atoms with van der Waals surface area (Å²) in [5, 5.41) is 0. The second-order valence-corrected chi connectivity index (χ2v) is 6.09. The molecule has 0 heterocycles. The van der Waals surface area contributed by atoms with E-state index in [1.165, 1.54) is 24.3 Å².